The van der Waals surface area contributed by atoms with Gasteiger partial charge in [0.05, 0.1) is 27.0 Å². The van der Waals surface area contributed by atoms with Gasteiger partial charge in [-0.3, -0.25) is 9.69 Å². The summed E-state index contributed by atoms with van der Waals surface area (Å²) in [6, 6.07) is 26.0. The fourth-order valence-corrected chi connectivity index (χ4v) is 5.34. The van der Waals surface area contributed by atoms with Crippen LogP contribution in [0, 0.1) is 6.92 Å². The first-order valence-electron chi connectivity index (χ1n) is 11.8. The number of aryl methyl sites for hydroxylation is 1. The molecule has 5 rings (SSSR count). The molecule has 0 radical (unpaired) electrons. The predicted molar refractivity (Wildman–Crippen MR) is 146 cm³/mol. The molecule has 0 unspecified atom stereocenters. The molecule has 0 aliphatic heterocycles. The van der Waals surface area contributed by atoms with E-state index in [4.69, 9.17) is 9.97 Å². The lowest BCUT2D eigenvalue weighted by Crippen LogP contribution is -2.33. The fourth-order valence-electron chi connectivity index (χ4n) is 4.27. The zero-order valence-electron chi connectivity index (χ0n) is 20.2. The average molecular weight is 481 g/mol. The summed E-state index contributed by atoms with van der Waals surface area (Å²) in [6.07, 6.45) is 0.849. The molecule has 0 bridgehead atoms. The van der Waals surface area contributed by atoms with Gasteiger partial charge in [-0.15, -0.1) is 0 Å². The summed E-state index contributed by atoms with van der Waals surface area (Å²) in [4.78, 5) is 28.0. The maximum absolute atomic E-state index is 14.2. The van der Waals surface area contributed by atoms with Crippen LogP contribution in [0.4, 0.5) is 5.13 Å². The highest BCUT2D eigenvalue weighted by Gasteiger charge is 2.24. The third-order valence-electron chi connectivity index (χ3n) is 6.09. The molecular formula is C29H28N4OS. The molecule has 0 spiro atoms. The fraction of sp³-hybridized carbons (Fsp3) is 0.207. The lowest BCUT2D eigenvalue weighted by atomic mass is 10.0. The monoisotopic (exact) mass is 480 g/mol. The number of hydrogen-bond donors (Lipinski definition) is 0. The van der Waals surface area contributed by atoms with Crippen molar-refractivity contribution in [1.29, 1.82) is 0 Å². The third kappa shape index (κ3) is 4.81. The predicted octanol–water partition coefficient (Wildman–Crippen LogP) is 6.42. The van der Waals surface area contributed by atoms with Crippen LogP contribution >= 0.6 is 11.3 Å². The van der Waals surface area contributed by atoms with Crippen LogP contribution in [0.3, 0.4) is 0 Å². The first-order valence-corrected chi connectivity index (χ1v) is 12.6. The first-order chi connectivity index (χ1) is 17.0. The Morgan fingerprint density at radius 1 is 0.886 bits per heavy atom. The van der Waals surface area contributed by atoms with Crippen molar-refractivity contribution in [2.45, 2.75) is 13.3 Å². The Morgan fingerprint density at radius 2 is 1.66 bits per heavy atom. The average Bonchev–Trinajstić information content (AvgIpc) is 3.31. The summed E-state index contributed by atoms with van der Waals surface area (Å²) in [5.74, 6) is -0.0451. The SMILES string of the molecule is Cc1cccc2sc(N(CCCN(C)C)C(=O)c3cc(-c4ccccc4)nc4ccccc34)nc12. The van der Waals surface area contributed by atoms with Crippen molar-refractivity contribution in [2.24, 2.45) is 0 Å². The van der Waals surface area contributed by atoms with E-state index < -0.39 is 0 Å². The van der Waals surface area contributed by atoms with Gasteiger partial charge in [0.25, 0.3) is 5.91 Å². The molecule has 0 saturated heterocycles. The summed E-state index contributed by atoms with van der Waals surface area (Å²) >= 11 is 1.57. The smallest absolute Gasteiger partial charge is 0.260 e. The molecule has 3 aromatic carbocycles. The number of thiazole rings is 1. The second-order valence-corrected chi connectivity index (χ2v) is 9.98. The van der Waals surface area contributed by atoms with Crippen LogP contribution in [0.1, 0.15) is 22.3 Å². The van der Waals surface area contributed by atoms with Gasteiger partial charge in [0, 0.05) is 17.5 Å². The molecule has 35 heavy (non-hydrogen) atoms. The van der Waals surface area contributed by atoms with E-state index in [1.54, 1.807) is 11.3 Å². The number of benzene rings is 3. The highest BCUT2D eigenvalue weighted by atomic mass is 32.1. The molecule has 0 N–H and O–H groups in total. The van der Waals surface area contributed by atoms with Gasteiger partial charge in [-0.2, -0.15) is 0 Å². The molecule has 5 nitrogen and oxygen atoms in total. The quantitative estimate of drug-likeness (QED) is 0.270. The minimum absolute atomic E-state index is 0.0451. The van der Waals surface area contributed by atoms with Crippen molar-refractivity contribution in [1.82, 2.24) is 14.9 Å². The zero-order valence-corrected chi connectivity index (χ0v) is 21.0. The zero-order chi connectivity index (χ0) is 24.4. The maximum atomic E-state index is 14.2. The van der Waals surface area contributed by atoms with Crippen molar-refractivity contribution in [2.75, 3.05) is 32.1 Å². The van der Waals surface area contributed by atoms with Crippen LogP contribution in [-0.2, 0) is 0 Å². The van der Waals surface area contributed by atoms with Crippen molar-refractivity contribution in [3.05, 3.63) is 90.0 Å². The number of hydrogen-bond acceptors (Lipinski definition) is 5. The normalized spacial score (nSPS) is 11.4. The van der Waals surface area contributed by atoms with Crippen LogP contribution < -0.4 is 4.90 Å². The van der Waals surface area contributed by atoms with Gasteiger partial charge >= 0.3 is 0 Å². The number of anilines is 1. The van der Waals surface area contributed by atoms with E-state index in [0.717, 1.165) is 56.0 Å². The van der Waals surface area contributed by atoms with Crippen molar-refractivity contribution >= 4 is 43.5 Å². The summed E-state index contributed by atoms with van der Waals surface area (Å²) < 4.78 is 1.09. The van der Waals surface area contributed by atoms with E-state index in [2.05, 4.69) is 38.1 Å². The van der Waals surface area contributed by atoms with Gasteiger partial charge in [-0.05, 0) is 57.7 Å². The van der Waals surface area contributed by atoms with Gasteiger partial charge < -0.3 is 4.90 Å². The molecule has 2 heterocycles. The van der Waals surface area contributed by atoms with Crippen LogP contribution in [-0.4, -0.2) is 48.0 Å². The van der Waals surface area contributed by atoms with E-state index in [9.17, 15) is 4.79 Å². The number of amides is 1. The molecule has 2 aromatic heterocycles. The highest BCUT2D eigenvalue weighted by Crippen LogP contribution is 2.33. The molecule has 0 aliphatic rings. The Balaban J connectivity index is 1.63. The Labute approximate surface area is 209 Å². The molecular weight excluding hydrogens is 452 g/mol. The number of nitrogens with zero attached hydrogens (tertiary/aromatic N) is 4. The summed E-state index contributed by atoms with van der Waals surface area (Å²) in [5.41, 5.74) is 5.32. The third-order valence-corrected chi connectivity index (χ3v) is 7.13. The molecule has 0 aliphatic carbocycles. The molecule has 176 valence electrons. The van der Waals surface area contributed by atoms with Crippen molar-refractivity contribution in [3.63, 3.8) is 0 Å². The summed E-state index contributed by atoms with van der Waals surface area (Å²) in [7, 11) is 4.10. The molecule has 6 heteroatoms. The molecule has 5 aromatic rings. The van der Waals surface area contributed by atoms with Gasteiger partial charge in [0.15, 0.2) is 5.13 Å². The number of aromatic nitrogens is 2. The number of fused-ring (bicyclic) bond motifs is 2. The van der Waals surface area contributed by atoms with Crippen molar-refractivity contribution < 1.29 is 4.79 Å². The van der Waals surface area contributed by atoms with E-state index in [0.29, 0.717) is 12.1 Å². The number of pyridine rings is 1. The lowest BCUT2D eigenvalue weighted by Gasteiger charge is -2.22. The van der Waals surface area contributed by atoms with Crippen LogP contribution in [0.25, 0.3) is 32.4 Å². The van der Waals surface area contributed by atoms with Gasteiger partial charge in [0.1, 0.15) is 0 Å². The second-order valence-electron chi connectivity index (χ2n) is 8.97. The van der Waals surface area contributed by atoms with Crippen molar-refractivity contribution in [3.8, 4) is 11.3 Å². The topological polar surface area (TPSA) is 49.3 Å². The Hall–Kier alpha value is -3.61. The van der Waals surface area contributed by atoms with E-state index in [1.807, 2.05) is 71.6 Å². The van der Waals surface area contributed by atoms with E-state index in [1.165, 1.54) is 0 Å². The highest BCUT2D eigenvalue weighted by molar-refractivity contribution is 7.22. The molecule has 1 amide bonds. The van der Waals surface area contributed by atoms with Crippen LogP contribution in [0.2, 0.25) is 0 Å². The Morgan fingerprint density at radius 3 is 2.43 bits per heavy atom. The largest absolute Gasteiger partial charge is 0.309 e. The lowest BCUT2D eigenvalue weighted by molar-refractivity contribution is 0.0987. The Kier molecular flexibility index (Phi) is 6.57. The summed E-state index contributed by atoms with van der Waals surface area (Å²) in [6.45, 7) is 3.54. The van der Waals surface area contributed by atoms with E-state index >= 15 is 0 Å². The van der Waals surface area contributed by atoms with Gasteiger partial charge in [-0.1, -0.05) is 72.0 Å². The van der Waals surface area contributed by atoms with Crippen LogP contribution in [0.5, 0.6) is 0 Å². The van der Waals surface area contributed by atoms with Gasteiger partial charge in [-0.25, -0.2) is 9.97 Å². The number of carbonyl (C=O) groups is 1. The molecule has 0 saturated carbocycles. The first kappa shape index (κ1) is 23.1. The number of para-hydroxylation sites is 2. The van der Waals surface area contributed by atoms with E-state index in [-0.39, 0.29) is 5.91 Å². The molecule has 0 fully saturated rings. The minimum Gasteiger partial charge on any atom is -0.309 e. The van der Waals surface area contributed by atoms with Gasteiger partial charge in [0.2, 0.25) is 0 Å². The van der Waals surface area contributed by atoms with Crippen LogP contribution in [0.15, 0.2) is 78.9 Å². The number of rotatable bonds is 7. The molecule has 0 atom stereocenters. The number of carbonyl (C=O) groups excluding carboxylic acids is 1. The summed E-state index contributed by atoms with van der Waals surface area (Å²) in [5, 5.41) is 1.59. The minimum atomic E-state index is -0.0451. The standard InChI is InChI=1S/C29H28N4OS/c1-20-11-9-16-26-27(20)31-29(35-26)33(18-10-17-32(2)3)28(34)23-19-25(21-12-5-4-6-13-21)30-24-15-8-7-14-22(23)24/h4-9,11-16,19H,10,17-18H2,1-3H3. The Bertz CT molecular complexity index is 1490. The maximum Gasteiger partial charge on any atom is 0.260 e. The second kappa shape index (κ2) is 9.94.